The molecule has 5 aliphatic rings. The Bertz CT molecular complexity index is 1090. The molecule has 4 fully saturated rings. The number of hydrogen-bond donors (Lipinski definition) is 1. The van der Waals surface area contributed by atoms with E-state index in [1.807, 2.05) is 0 Å². The summed E-state index contributed by atoms with van der Waals surface area (Å²) in [7, 11) is 0. The average molecular weight is 639 g/mol. The van der Waals surface area contributed by atoms with Gasteiger partial charge in [0.25, 0.3) is 0 Å². The maximum Gasteiger partial charge on any atom is 0.306 e. The van der Waals surface area contributed by atoms with Crippen LogP contribution in [0.1, 0.15) is 190 Å². The van der Waals surface area contributed by atoms with Gasteiger partial charge in [-0.2, -0.15) is 0 Å². The van der Waals surface area contributed by atoms with Gasteiger partial charge in [-0.3, -0.25) is 4.79 Å². The first kappa shape index (κ1) is 36.5. The van der Waals surface area contributed by atoms with Crippen molar-refractivity contribution in [2.45, 2.75) is 196 Å². The SMILES string of the molecule is CCCCCCCCCCCCC(=O)O[C@H]1CC[C@@]2(C)C(CC[C@]3(C)C2CC=C2C4CC(C)(C)CC[C@]4(CO)CC[C@]23C)C1(C)C. The molecule has 3 heteroatoms. The Kier molecular flexibility index (Phi) is 11.0. The lowest BCUT2D eigenvalue weighted by Gasteiger charge is -2.71. The van der Waals surface area contributed by atoms with Gasteiger partial charge in [0.15, 0.2) is 0 Å². The average Bonchev–Trinajstić information content (AvgIpc) is 2.99. The van der Waals surface area contributed by atoms with Gasteiger partial charge in [0.1, 0.15) is 6.10 Å². The van der Waals surface area contributed by atoms with Crippen molar-refractivity contribution in [1.29, 1.82) is 0 Å². The Morgan fingerprint density at radius 3 is 2.07 bits per heavy atom. The van der Waals surface area contributed by atoms with E-state index >= 15 is 0 Å². The van der Waals surface area contributed by atoms with Crippen molar-refractivity contribution < 1.29 is 14.6 Å². The number of allylic oxidation sites excluding steroid dienone is 2. The Balaban J connectivity index is 1.21. The molecule has 0 radical (unpaired) electrons. The Morgan fingerprint density at radius 2 is 1.41 bits per heavy atom. The minimum Gasteiger partial charge on any atom is -0.462 e. The number of unbranched alkanes of at least 4 members (excludes halogenated alkanes) is 9. The zero-order valence-corrected chi connectivity index (χ0v) is 31.7. The normalized spacial score (nSPS) is 40.9. The van der Waals surface area contributed by atoms with Crippen LogP contribution in [0.2, 0.25) is 0 Å². The van der Waals surface area contributed by atoms with Crippen LogP contribution in [0, 0.1) is 50.2 Å². The van der Waals surface area contributed by atoms with Crippen LogP contribution < -0.4 is 0 Å². The molecule has 3 nitrogen and oxygen atoms in total. The van der Waals surface area contributed by atoms with Gasteiger partial charge in [0.05, 0.1) is 0 Å². The van der Waals surface area contributed by atoms with E-state index in [0.29, 0.717) is 36.2 Å². The monoisotopic (exact) mass is 639 g/mol. The molecule has 3 unspecified atom stereocenters. The lowest BCUT2D eigenvalue weighted by Crippen LogP contribution is -2.65. The Labute approximate surface area is 284 Å². The molecule has 8 atom stereocenters. The van der Waals surface area contributed by atoms with Crippen molar-refractivity contribution in [1.82, 2.24) is 0 Å². The van der Waals surface area contributed by atoms with Crippen LogP contribution in [0.15, 0.2) is 11.6 Å². The van der Waals surface area contributed by atoms with Gasteiger partial charge < -0.3 is 9.84 Å². The number of ether oxygens (including phenoxy) is 1. The maximum atomic E-state index is 13.1. The molecule has 0 saturated heterocycles. The topological polar surface area (TPSA) is 46.5 Å². The highest BCUT2D eigenvalue weighted by Crippen LogP contribution is 2.75. The summed E-state index contributed by atoms with van der Waals surface area (Å²) in [5.74, 6) is 1.82. The number of aliphatic hydroxyl groups excluding tert-OH is 1. The molecule has 46 heavy (non-hydrogen) atoms. The number of rotatable bonds is 13. The largest absolute Gasteiger partial charge is 0.462 e. The van der Waals surface area contributed by atoms with E-state index < -0.39 is 0 Å². The van der Waals surface area contributed by atoms with Gasteiger partial charge >= 0.3 is 5.97 Å². The number of carbonyl (C=O) groups excluding carboxylic acids is 1. The molecule has 0 spiro atoms. The summed E-state index contributed by atoms with van der Waals surface area (Å²) >= 11 is 0. The molecule has 0 aromatic heterocycles. The standard InChI is InChI=1S/C43H74O3/c1-9-10-11-12-13-14-15-16-17-18-19-37(45)46-36-23-24-40(6)34(39(36,4)5)22-25-42(8)35(40)21-20-32-33-30-38(2,3)26-28-43(33,31-44)29-27-41(32,42)7/h20,33-36,44H,9-19,21-31H2,1-8H3/t33?,34?,35?,36-,40-,41+,42+,43+/m0/s1. The van der Waals surface area contributed by atoms with Crippen molar-refractivity contribution in [3.63, 3.8) is 0 Å². The van der Waals surface area contributed by atoms with Crippen molar-refractivity contribution in [3.8, 4) is 0 Å². The molecule has 0 heterocycles. The van der Waals surface area contributed by atoms with Crippen molar-refractivity contribution >= 4 is 5.97 Å². The first-order chi connectivity index (χ1) is 21.7. The van der Waals surface area contributed by atoms with Crippen LogP contribution in [0.25, 0.3) is 0 Å². The molecule has 0 aromatic carbocycles. The van der Waals surface area contributed by atoms with Crippen molar-refractivity contribution in [3.05, 3.63) is 11.6 Å². The van der Waals surface area contributed by atoms with E-state index in [-0.39, 0.29) is 39.1 Å². The second-order valence-electron chi connectivity index (χ2n) is 19.5. The third kappa shape index (κ3) is 6.44. The fourth-order valence-electron chi connectivity index (χ4n) is 12.8. The molecule has 1 N–H and O–H groups in total. The molecule has 5 aliphatic carbocycles. The van der Waals surface area contributed by atoms with Crippen LogP contribution >= 0.6 is 0 Å². The van der Waals surface area contributed by atoms with E-state index in [1.165, 1.54) is 109 Å². The van der Waals surface area contributed by atoms with Crippen molar-refractivity contribution in [2.24, 2.45) is 50.2 Å². The number of esters is 1. The summed E-state index contributed by atoms with van der Waals surface area (Å²) in [6, 6.07) is 0. The zero-order valence-electron chi connectivity index (χ0n) is 31.7. The Hall–Kier alpha value is -0.830. The number of hydrogen-bond acceptors (Lipinski definition) is 3. The summed E-state index contributed by atoms with van der Waals surface area (Å²) in [6.07, 6.45) is 28.2. The van der Waals surface area contributed by atoms with Gasteiger partial charge in [0.2, 0.25) is 0 Å². The minimum atomic E-state index is -0.00133. The van der Waals surface area contributed by atoms with E-state index in [2.05, 4.69) is 61.5 Å². The number of carbonyl (C=O) groups is 1. The second kappa shape index (κ2) is 13.8. The number of fused-ring (bicyclic) bond motifs is 7. The summed E-state index contributed by atoms with van der Waals surface area (Å²) in [5, 5.41) is 10.8. The predicted octanol–water partition coefficient (Wildman–Crippen LogP) is 12.0. The van der Waals surface area contributed by atoms with Crippen LogP contribution in [-0.4, -0.2) is 23.8 Å². The first-order valence-electron chi connectivity index (χ1n) is 20.2. The summed E-state index contributed by atoms with van der Waals surface area (Å²) in [6.45, 7) is 20.4. The van der Waals surface area contributed by atoms with E-state index in [4.69, 9.17) is 4.74 Å². The molecule has 264 valence electrons. The van der Waals surface area contributed by atoms with E-state index in [9.17, 15) is 9.90 Å². The lowest BCUT2D eigenvalue weighted by atomic mass is 9.33. The van der Waals surface area contributed by atoms with Gasteiger partial charge in [0, 0.05) is 23.9 Å². The first-order valence-corrected chi connectivity index (χ1v) is 20.2. The molecule has 0 bridgehead atoms. The third-order valence-corrected chi connectivity index (χ3v) is 16.1. The molecular formula is C43H74O3. The lowest BCUT2D eigenvalue weighted by molar-refractivity contribution is -0.213. The third-order valence-electron chi connectivity index (χ3n) is 16.1. The van der Waals surface area contributed by atoms with Gasteiger partial charge in [-0.1, -0.05) is 125 Å². The van der Waals surface area contributed by atoms with Crippen molar-refractivity contribution in [2.75, 3.05) is 6.61 Å². The maximum absolute atomic E-state index is 13.1. The van der Waals surface area contributed by atoms with Gasteiger partial charge in [-0.05, 0) is 110 Å². The predicted molar refractivity (Wildman–Crippen MR) is 192 cm³/mol. The molecule has 0 amide bonds. The van der Waals surface area contributed by atoms with Crippen LogP contribution in [-0.2, 0) is 9.53 Å². The van der Waals surface area contributed by atoms with Crippen LogP contribution in [0.5, 0.6) is 0 Å². The second-order valence-corrected chi connectivity index (χ2v) is 19.5. The highest BCUT2D eigenvalue weighted by Gasteiger charge is 2.68. The fourth-order valence-corrected chi connectivity index (χ4v) is 12.8. The molecular weight excluding hydrogens is 564 g/mol. The highest BCUT2D eigenvalue weighted by atomic mass is 16.5. The fraction of sp³-hybridized carbons (Fsp3) is 0.930. The molecule has 5 rings (SSSR count). The van der Waals surface area contributed by atoms with Gasteiger partial charge in [-0.25, -0.2) is 0 Å². The zero-order chi connectivity index (χ0) is 33.4. The molecule has 0 aliphatic heterocycles. The smallest absolute Gasteiger partial charge is 0.306 e. The highest BCUT2D eigenvalue weighted by molar-refractivity contribution is 5.69. The van der Waals surface area contributed by atoms with Crippen LogP contribution in [0.3, 0.4) is 0 Å². The summed E-state index contributed by atoms with van der Waals surface area (Å²) in [4.78, 5) is 13.1. The summed E-state index contributed by atoms with van der Waals surface area (Å²) in [5.41, 5.74) is 2.94. The van der Waals surface area contributed by atoms with E-state index in [0.717, 1.165) is 19.3 Å². The number of aliphatic hydroxyl groups is 1. The van der Waals surface area contributed by atoms with Gasteiger partial charge in [-0.15, -0.1) is 0 Å². The van der Waals surface area contributed by atoms with E-state index in [1.54, 1.807) is 5.57 Å². The Morgan fingerprint density at radius 1 is 0.783 bits per heavy atom. The molecule has 0 aromatic rings. The quantitative estimate of drug-likeness (QED) is 0.124. The molecule has 4 saturated carbocycles. The minimum absolute atomic E-state index is 0.00133. The van der Waals surface area contributed by atoms with Crippen LogP contribution in [0.4, 0.5) is 0 Å². The summed E-state index contributed by atoms with van der Waals surface area (Å²) < 4.78 is 6.38.